The van der Waals surface area contributed by atoms with Gasteiger partial charge in [-0.1, -0.05) is 60.2 Å². The Morgan fingerprint density at radius 1 is 0.947 bits per heavy atom. The summed E-state index contributed by atoms with van der Waals surface area (Å²) in [6.07, 6.45) is 1.90. The molecule has 19 heavy (non-hydrogen) atoms. The molecule has 2 aromatic rings. The lowest BCUT2D eigenvalue weighted by molar-refractivity contribution is 0.598. The highest BCUT2D eigenvalue weighted by molar-refractivity contribution is 7.91. The molecule has 0 aromatic heterocycles. The van der Waals surface area contributed by atoms with Crippen molar-refractivity contribution in [3.05, 3.63) is 71.8 Å². The molecule has 0 unspecified atom stereocenters. The molecule has 98 valence electrons. The van der Waals surface area contributed by atoms with Gasteiger partial charge < -0.3 is 0 Å². The highest BCUT2D eigenvalue weighted by atomic mass is 32.2. The molecule has 0 fully saturated rings. The van der Waals surface area contributed by atoms with Crippen molar-refractivity contribution < 1.29 is 8.42 Å². The quantitative estimate of drug-likeness (QED) is 0.852. The van der Waals surface area contributed by atoms with Gasteiger partial charge in [-0.05, 0) is 24.6 Å². The van der Waals surface area contributed by atoms with E-state index < -0.39 is 9.84 Å². The van der Waals surface area contributed by atoms with Gasteiger partial charge in [-0.3, -0.25) is 0 Å². The lowest BCUT2D eigenvalue weighted by atomic mass is 10.1. The first-order valence-electron chi connectivity index (χ1n) is 6.08. The third-order valence-corrected chi connectivity index (χ3v) is 4.56. The Hall–Kier alpha value is -1.87. The maximum Gasteiger partial charge on any atom is 0.182 e. The van der Waals surface area contributed by atoms with Gasteiger partial charge in [-0.25, -0.2) is 8.42 Å². The fourth-order valence-electron chi connectivity index (χ4n) is 1.89. The summed E-state index contributed by atoms with van der Waals surface area (Å²) < 4.78 is 24.4. The Bertz CT molecular complexity index is 656. The second-order valence-electron chi connectivity index (χ2n) is 4.47. The van der Waals surface area contributed by atoms with Gasteiger partial charge in [-0.2, -0.15) is 0 Å². The Morgan fingerprint density at radius 3 is 2.05 bits per heavy atom. The maximum absolute atomic E-state index is 12.2. The molecule has 0 aliphatic heterocycles. The van der Waals surface area contributed by atoms with Crippen molar-refractivity contribution in [2.45, 2.75) is 11.8 Å². The van der Waals surface area contributed by atoms with Gasteiger partial charge in [0, 0.05) is 0 Å². The summed E-state index contributed by atoms with van der Waals surface area (Å²) in [6, 6.07) is 18.3. The molecule has 0 atom stereocenters. The summed E-state index contributed by atoms with van der Waals surface area (Å²) in [7, 11) is -3.25. The van der Waals surface area contributed by atoms with E-state index in [9.17, 15) is 8.42 Å². The number of benzene rings is 2. The van der Waals surface area contributed by atoms with Gasteiger partial charge in [0.1, 0.15) is 0 Å². The molecule has 0 amide bonds. The SMILES string of the molecule is CC(=Cc1ccccc1)CS(=O)(=O)c1ccccc1. The molecule has 0 saturated heterocycles. The molecular formula is C16H16O2S. The zero-order valence-corrected chi connectivity index (χ0v) is 11.6. The molecule has 0 spiro atoms. The van der Waals surface area contributed by atoms with Crippen LogP contribution in [-0.4, -0.2) is 14.2 Å². The molecule has 2 nitrogen and oxygen atoms in total. The second kappa shape index (κ2) is 5.85. The highest BCUT2D eigenvalue weighted by Gasteiger charge is 2.14. The van der Waals surface area contributed by atoms with E-state index in [4.69, 9.17) is 0 Å². The fraction of sp³-hybridized carbons (Fsp3) is 0.125. The summed E-state index contributed by atoms with van der Waals surface area (Å²) in [5.74, 6) is 0.0475. The zero-order chi connectivity index (χ0) is 13.7. The number of hydrogen-bond acceptors (Lipinski definition) is 2. The number of hydrogen-bond donors (Lipinski definition) is 0. The van der Waals surface area contributed by atoms with Gasteiger partial charge in [0.15, 0.2) is 9.84 Å². The standard InChI is InChI=1S/C16H16O2S/c1-14(12-15-8-4-2-5-9-15)13-19(17,18)16-10-6-3-7-11-16/h2-12H,13H2,1H3. The summed E-state index contributed by atoms with van der Waals surface area (Å²) in [5.41, 5.74) is 1.85. The monoisotopic (exact) mass is 272 g/mol. The van der Waals surface area contributed by atoms with Crippen LogP contribution < -0.4 is 0 Å². The summed E-state index contributed by atoms with van der Waals surface area (Å²) in [5, 5.41) is 0. The Balaban J connectivity index is 2.20. The molecule has 2 rings (SSSR count). The lowest BCUT2D eigenvalue weighted by Gasteiger charge is -2.05. The van der Waals surface area contributed by atoms with E-state index in [0.29, 0.717) is 4.90 Å². The molecule has 0 N–H and O–H groups in total. The molecule has 0 heterocycles. The third-order valence-electron chi connectivity index (χ3n) is 2.73. The van der Waals surface area contributed by atoms with Crippen LogP contribution in [0.1, 0.15) is 12.5 Å². The van der Waals surface area contributed by atoms with E-state index >= 15 is 0 Å². The minimum atomic E-state index is -3.25. The van der Waals surface area contributed by atoms with E-state index in [1.54, 1.807) is 24.3 Å². The average Bonchev–Trinajstić information content (AvgIpc) is 2.40. The number of sulfone groups is 1. The van der Waals surface area contributed by atoms with E-state index in [-0.39, 0.29) is 5.75 Å². The fourth-order valence-corrected chi connectivity index (χ4v) is 3.31. The van der Waals surface area contributed by atoms with Crippen LogP contribution in [0.2, 0.25) is 0 Å². The molecular weight excluding hydrogens is 256 g/mol. The third kappa shape index (κ3) is 3.80. The summed E-state index contributed by atoms with van der Waals surface area (Å²) >= 11 is 0. The van der Waals surface area contributed by atoms with Crippen molar-refractivity contribution in [3.63, 3.8) is 0 Å². The molecule has 3 heteroatoms. The topological polar surface area (TPSA) is 34.1 Å². The molecule has 2 aromatic carbocycles. The van der Waals surface area contributed by atoms with E-state index in [0.717, 1.165) is 11.1 Å². The first-order chi connectivity index (χ1) is 9.08. The van der Waals surface area contributed by atoms with Gasteiger partial charge >= 0.3 is 0 Å². The van der Waals surface area contributed by atoms with Gasteiger partial charge in [0.05, 0.1) is 10.6 Å². The predicted octanol–water partition coefficient (Wildman–Crippen LogP) is 3.56. The Labute approximate surface area is 114 Å². The zero-order valence-electron chi connectivity index (χ0n) is 10.8. The Kier molecular flexibility index (Phi) is 4.17. The first-order valence-corrected chi connectivity index (χ1v) is 7.73. The summed E-state index contributed by atoms with van der Waals surface area (Å²) in [6.45, 7) is 1.84. The second-order valence-corrected chi connectivity index (χ2v) is 6.46. The first kappa shape index (κ1) is 13.6. The number of rotatable bonds is 4. The Morgan fingerprint density at radius 2 is 1.47 bits per heavy atom. The minimum Gasteiger partial charge on any atom is -0.223 e. The molecule has 0 bridgehead atoms. The van der Waals surface area contributed by atoms with Crippen molar-refractivity contribution in [2.75, 3.05) is 5.75 Å². The lowest BCUT2D eigenvalue weighted by Crippen LogP contribution is -2.07. The minimum absolute atomic E-state index is 0.0475. The molecule has 0 saturated carbocycles. The van der Waals surface area contributed by atoms with Crippen molar-refractivity contribution in [3.8, 4) is 0 Å². The van der Waals surface area contributed by atoms with Gasteiger partial charge in [-0.15, -0.1) is 0 Å². The van der Waals surface area contributed by atoms with Crippen LogP contribution in [0.3, 0.4) is 0 Å². The van der Waals surface area contributed by atoms with Crippen molar-refractivity contribution >= 4 is 15.9 Å². The molecule has 0 aliphatic carbocycles. The van der Waals surface area contributed by atoms with Gasteiger partial charge in [0.25, 0.3) is 0 Å². The van der Waals surface area contributed by atoms with Crippen LogP contribution in [0, 0.1) is 0 Å². The largest absolute Gasteiger partial charge is 0.223 e. The van der Waals surface area contributed by atoms with Crippen LogP contribution in [0.5, 0.6) is 0 Å². The van der Waals surface area contributed by atoms with Crippen LogP contribution >= 0.6 is 0 Å². The van der Waals surface area contributed by atoms with Crippen LogP contribution in [0.25, 0.3) is 6.08 Å². The molecule has 0 aliphatic rings. The van der Waals surface area contributed by atoms with Crippen LogP contribution in [0.15, 0.2) is 71.1 Å². The van der Waals surface area contributed by atoms with Crippen molar-refractivity contribution in [1.82, 2.24) is 0 Å². The van der Waals surface area contributed by atoms with Crippen molar-refractivity contribution in [2.24, 2.45) is 0 Å². The average molecular weight is 272 g/mol. The van der Waals surface area contributed by atoms with Gasteiger partial charge in [0.2, 0.25) is 0 Å². The van der Waals surface area contributed by atoms with E-state index in [2.05, 4.69) is 0 Å². The summed E-state index contributed by atoms with van der Waals surface area (Å²) in [4.78, 5) is 0.371. The highest BCUT2D eigenvalue weighted by Crippen LogP contribution is 2.15. The van der Waals surface area contributed by atoms with E-state index in [1.807, 2.05) is 49.4 Å². The van der Waals surface area contributed by atoms with Crippen LogP contribution in [-0.2, 0) is 9.84 Å². The van der Waals surface area contributed by atoms with E-state index in [1.165, 1.54) is 0 Å². The van der Waals surface area contributed by atoms with Crippen molar-refractivity contribution in [1.29, 1.82) is 0 Å². The maximum atomic E-state index is 12.2. The predicted molar refractivity (Wildman–Crippen MR) is 78.6 cm³/mol. The normalized spacial score (nSPS) is 12.4. The van der Waals surface area contributed by atoms with Crippen LogP contribution in [0.4, 0.5) is 0 Å². The smallest absolute Gasteiger partial charge is 0.182 e. The molecule has 0 radical (unpaired) electrons.